The number of carboxylic acid groups (broad SMARTS) is 1. The van der Waals surface area contributed by atoms with Crippen molar-refractivity contribution < 1.29 is 28.2 Å². The van der Waals surface area contributed by atoms with Gasteiger partial charge in [-0.1, -0.05) is 12.1 Å². The zero-order valence-corrected chi connectivity index (χ0v) is 14.7. The number of halogens is 2. The van der Waals surface area contributed by atoms with Crippen molar-refractivity contribution in [3.63, 3.8) is 0 Å². The topological polar surface area (TPSA) is 75.6 Å². The molecule has 1 aliphatic rings. The predicted molar refractivity (Wildman–Crippen MR) is 94.4 cm³/mol. The molecule has 0 saturated carbocycles. The summed E-state index contributed by atoms with van der Waals surface area (Å²) in [4.78, 5) is 23.6. The Hall–Kier alpha value is -2.80. The van der Waals surface area contributed by atoms with E-state index in [9.17, 15) is 18.4 Å². The fourth-order valence-corrected chi connectivity index (χ4v) is 3.30. The minimum atomic E-state index is -1.05. The van der Waals surface area contributed by atoms with Crippen molar-refractivity contribution >= 4 is 11.9 Å². The molecule has 1 heterocycles. The maximum atomic E-state index is 14.6. The first-order valence-corrected chi connectivity index (χ1v) is 8.48. The number of benzene rings is 2. The molecule has 1 unspecified atom stereocenters. The van der Waals surface area contributed by atoms with Crippen molar-refractivity contribution in [3.05, 3.63) is 59.2 Å². The normalized spacial score (nSPS) is 19.1. The van der Waals surface area contributed by atoms with Gasteiger partial charge in [0, 0.05) is 17.7 Å². The summed E-state index contributed by atoms with van der Waals surface area (Å²) >= 11 is 0. The Bertz CT molecular complexity index is 892. The summed E-state index contributed by atoms with van der Waals surface area (Å²) in [5.74, 6) is -2.64. The van der Waals surface area contributed by atoms with E-state index in [1.165, 1.54) is 30.3 Å². The van der Waals surface area contributed by atoms with Gasteiger partial charge >= 0.3 is 5.97 Å². The number of carbonyl (C=O) groups is 2. The summed E-state index contributed by atoms with van der Waals surface area (Å²) in [7, 11) is 0. The van der Waals surface area contributed by atoms with Crippen LogP contribution in [0.1, 0.15) is 28.8 Å². The molecular formula is C20H19F2NO4. The monoisotopic (exact) mass is 375 g/mol. The summed E-state index contributed by atoms with van der Waals surface area (Å²) in [5.41, 5.74) is 0.453. The fourth-order valence-electron chi connectivity index (χ4n) is 3.30. The molecule has 2 aromatic rings. The molecule has 2 aromatic carbocycles. The smallest absolute Gasteiger partial charge is 0.305 e. The Labute approximate surface area is 155 Å². The third-order valence-corrected chi connectivity index (χ3v) is 4.68. The molecule has 1 atom stereocenters. The predicted octanol–water partition coefficient (Wildman–Crippen LogP) is 3.30. The highest BCUT2D eigenvalue weighted by molar-refractivity contribution is 5.95. The number of carbonyl (C=O) groups excluding carboxylic acids is 1. The van der Waals surface area contributed by atoms with Gasteiger partial charge in [0.25, 0.3) is 5.91 Å². The fraction of sp³-hybridized carbons (Fsp3) is 0.300. The van der Waals surface area contributed by atoms with Crippen LogP contribution in [0.4, 0.5) is 8.78 Å². The average molecular weight is 375 g/mol. The van der Waals surface area contributed by atoms with Gasteiger partial charge in [-0.2, -0.15) is 0 Å². The summed E-state index contributed by atoms with van der Waals surface area (Å²) in [5, 5.41) is 11.8. The lowest BCUT2D eigenvalue weighted by molar-refractivity contribution is -0.138. The molecule has 5 nitrogen and oxygen atoms in total. The largest absolute Gasteiger partial charge is 0.481 e. The third-order valence-electron chi connectivity index (χ3n) is 4.68. The highest BCUT2D eigenvalue weighted by atomic mass is 19.1. The summed E-state index contributed by atoms with van der Waals surface area (Å²) in [6.45, 7) is 2.12. The van der Waals surface area contributed by atoms with Crippen LogP contribution in [0.15, 0.2) is 36.4 Å². The number of hydrogen-bond acceptors (Lipinski definition) is 3. The van der Waals surface area contributed by atoms with Crippen molar-refractivity contribution in [3.8, 4) is 11.1 Å². The quantitative estimate of drug-likeness (QED) is 0.841. The second kappa shape index (κ2) is 7.44. The minimum absolute atomic E-state index is 0.0766. The number of hydrogen-bond donors (Lipinski definition) is 2. The number of aryl methyl sites for hydroxylation is 1. The van der Waals surface area contributed by atoms with Gasteiger partial charge in [0.1, 0.15) is 11.6 Å². The number of nitrogens with one attached hydrogen (secondary N) is 1. The van der Waals surface area contributed by atoms with Crippen LogP contribution < -0.4 is 5.32 Å². The third kappa shape index (κ3) is 4.14. The van der Waals surface area contributed by atoms with Crippen molar-refractivity contribution in [2.45, 2.75) is 25.3 Å². The first-order chi connectivity index (χ1) is 12.8. The number of rotatable bonds is 5. The molecule has 0 radical (unpaired) electrons. The SMILES string of the molecule is Cc1cc(F)ccc1-c1ccc(C(=O)NC2(CC(=O)O)CCOC2)cc1F. The molecule has 1 aliphatic heterocycles. The zero-order valence-electron chi connectivity index (χ0n) is 14.7. The van der Waals surface area contributed by atoms with Crippen LogP contribution in [0.25, 0.3) is 11.1 Å². The lowest BCUT2D eigenvalue weighted by Crippen LogP contribution is -2.50. The van der Waals surface area contributed by atoms with E-state index < -0.39 is 29.0 Å². The highest BCUT2D eigenvalue weighted by Gasteiger charge is 2.38. The molecular weight excluding hydrogens is 356 g/mol. The van der Waals surface area contributed by atoms with Gasteiger partial charge < -0.3 is 15.2 Å². The molecule has 1 amide bonds. The Balaban J connectivity index is 1.84. The Kier molecular flexibility index (Phi) is 5.23. The number of carboxylic acids is 1. The minimum Gasteiger partial charge on any atom is -0.481 e. The Morgan fingerprint density at radius 3 is 2.52 bits per heavy atom. The van der Waals surface area contributed by atoms with Crippen LogP contribution >= 0.6 is 0 Å². The molecule has 1 saturated heterocycles. The standard InChI is InChI=1S/C20H19F2NO4/c1-12-8-14(21)3-5-15(12)16-4-2-13(9-17(16)22)19(26)23-20(10-18(24)25)6-7-27-11-20/h2-5,8-9H,6-7,10-11H2,1H3,(H,23,26)(H,24,25). The van der Waals surface area contributed by atoms with E-state index in [1.54, 1.807) is 6.92 Å². The molecule has 27 heavy (non-hydrogen) atoms. The van der Waals surface area contributed by atoms with Crippen molar-refractivity contribution in [1.29, 1.82) is 0 Å². The Morgan fingerprint density at radius 1 is 1.19 bits per heavy atom. The molecule has 7 heteroatoms. The van der Waals surface area contributed by atoms with Gasteiger partial charge in [-0.25, -0.2) is 8.78 Å². The summed E-state index contributed by atoms with van der Waals surface area (Å²) < 4.78 is 33.1. The van der Waals surface area contributed by atoms with E-state index in [0.717, 1.165) is 6.07 Å². The average Bonchev–Trinajstić information content (AvgIpc) is 3.02. The summed E-state index contributed by atoms with van der Waals surface area (Å²) in [6.07, 6.45) is 0.106. The Morgan fingerprint density at radius 2 is 1.93 bits per heavy atom. The first kappa shape index (κ1) is 19.0. The van der Waals surface area contributed by atoms with Gasteiger partial charge in [-0.15, -0.1) is 0 Å². The number of amides is 1. The molecule has 1 fully saturated rings. The van der Waals surface area contributed by atoms with E-state index >= 15 is 0 Å². The van der Waals surface area contributed by atoms with E-state index in [-0.39, 0.29) is 24.2 Å². The summed E-state index contributed by atoms with van der Waals surface area (Å²) in [6, 6.07) is 8.06. The number of aliphatic carboxylic acids is 1. The zero-order chi connectivity index (χ0) is 19.6. The van der Waals surface area contributed by atoms with Crippen LogP contribution in [0.5, 0.6) is 0 Å². The molecule has 0 aliphatic carbocycles. The highest BCUT2D eigenvalue weighted by Crippen LogP contribution is 2.28. The maximum Gasteiger partial charge on any atom is 0.305 e. The van der Waals surface area contributed by atoms with Gasteiger partial charge in [-0.3, -0.25) is 9.59 Å². The van der Waals surface area contributed by atoms with Gasteiger partial charge in [-0.05, 0) is 48.7 Å². The number of ether oxygens (including phenoxy) is 1. The van der Waals surface area contributed by atoms with E-state index in [4.69, 9.17) is 9.84 Å². The van der Waals surface area contributed by atoms with Crippen LogP contribution in [0.3, 0.4) is 0 Å². The molecule has 0 bridgehead atoms. The lowest BCUT2D eigenvalue weighted by atomic mass is 9.93. The lowest BCUT2D eigenvalue weighted by Gasteiger charge is -2.27. The van der Waals surface area contributed by atoms with E-state index in [1.807, 2.05) is 0 Å². The molecule has 0 spiro atoms. The van der Waals surface area contributed by atoms with E-state index in [2.05, 4.69) is 5.32 Å². The van der Waals surface area contributed by atoms with Crippen LogP contribution in [-0.2, 0) is 9.53 Å². The van der Waals surface area contributed by atoms with Crippen molar-refractivity contribution in [1.82, 2.24) is 5.32 Å². The first-order valence-electron chi connectivity index (χ1n) is 8.48. The molecule has 0 aromatic heterocycles. The van der Waals surface area contributed by atoms with E-state index in [0.29, 0.717) is 24.2 Å². The van der Waals surface area contributed by atoms with Crippen molar-refractivity contribution in [2.75, 3.05) is 13.2 Å². The van der Waals surface area contributed by atoms with Gasteiger partial charge in [0.05, 0.1) is 18.6 Å². The molecule has 142 valence electrons. The second-order valence-corrected chi connectivity index (χ2v) is 6.76. The van der Waals surface area contributed by atoms with Crippen molar-refractivity contribution in [2.24, 2.45) is 0 Å². The second-order valence-electron chi connectivity index (χ2n) is 6.76. The van der Waals surface area contributed by atoms with Crippen LogP contribution in [0.2, 0.25) is 0 Å². The molecule has 2 N–H and O–H groups in total. The van der Waals surface area contributed by atoms with Gasteiger partial charge in [0.2, 0.25) is 0 Å². The molecule has 3 rings (SSSR count). The van der Waals surface area contributed by atoms with Crippen LogP contribution in [0, 0.1) is 18.6 Å². The van der Waals surface area contributed by atoms with Gasteiger partial charge in [0.15, 0.2) is 0 Å². The van der Waals surface area contributed by atoms with Crippen LogP contribution in [-0.4, -0.2) is 35.7 Å². The maximum absolute atomic E-state index is 14.6.